The molecule has 2 saturated heterocycles. The van der Waals surface area contributed by atoms with Crippen LogP contribution in [0, 0.1) is 13.8 Å². The zero-order valence-electron chi connectivity index (χ0n) is 13.9. The van der Waals surface area contributed by atoms with Crippen molar-refractivity contribution in [2.45, 2.75) is 77.4 Å². The third kappa shape index (κ3) is 3.11. The van der Waals surface area contributed by atoms with Crippen LogP contribution in [0.25, 0.3) is 0 Å². The zero-order valence-corrected chi connectivity index (χ0v) is 13.9. The average molecular weight is 286 g/mol. The number of anilines is 1. The maximum atomic E-state index is 3.77. The summed E-state index contributed by atoms with van der Waals surface area (Å²) in [7, 11) is 0. The van der Waals surface area contributed by atoms with E-state index in [0.29, 0.717) is 0 Å². The Morgan fingerprint density at radius 3 is 2.48 bits per heavy atom. The molecule has 116 valence electrons. The Kier molecular flexibility index (Phi) is 4.54. The first-order chi connectivity index (χ1) is 10.2. The Balaban J connectivity index is 1.80. The van der Waals surface area contributed by atoms with E-state index in [4.69, 9.17) is 0 Å². The topological polar surface area (TPSA) is 15.3 Å². The van der Waals surface area contributed by atoms with Gasteiger partial charge in [-0.2, -0.15) is 0 Å². The van der Waals surface area contributed by atoms with Crippen molar-refractivity contribution in [1.82, 2.24) is 5.32 Å². The van der Waals surface area contributed by atoms with Crippen molar-refractivity contribution in [2.75, 3.05) is 11.4 Å². The summed E-state index contributed by atoms with van der Waals surface area (Å²) >= 11 is 0. The van der Waals surface area contributed by atoms with Gasteiger partial charge in [0, 0.05) is 23.8 Å². The number of nitrogens with zero attached hydrogens (tertiary/aromatic N) is 1. The third-order valence-electron chi connectivity index (χ3n) is 5.29. The SMILES string of the molecule is CCCNC1CC2CCCC(C1)N2c1ccc(C)cc1C. The van der Waals surface area contributed by atoms with Crippen molar-refractivity contribution in [3.05, 3.63) is 29.3 Å². The molecule has 2 bridgehead atoms. The molecule has 0 aliphatic carbocycles. The van der Waals surface area contributed by atoms with Crippen molar-refractivity contribution < 1.29 is 0 Å². The molecule has 0 saturated carbocycles. The number of hydrogen-bond donors (Lipinski definition) is 1. The summed E-state index contributed by atoms with van der Waals surface area (Å²) in [6.45, 7) is 7.91. The number of piperidine rings is 2. The molecular formula is C19H30N2. The maximum Gasteiger partial charge on any atom is 0.0401 e. The summed E-state index contributed by atoms with van der Waals surface area (Å²) in [5.41, 5.74) is 4.32. The number of hydrogen-bond acceptors (Lipinski definition) is 2. The molecule has 2 nitrogen and oxygen atoms in total. The van der Waals surface area contributed by atoms with Crippen molar-refractivity contribution in [2.24, 2.45) is 0 Å². The fourth-order valence-electron chi connectivity index (χ4n) is 4.38. The largest absolute Gasteiger partial charge is 0.365 e. The second kappa shape index (κ2) is 6.39. The van der Waals surface area contributed by atoms with E-state index < -0.39 is 0 Å². The summed E-state index contributed by atoms with van der Waals surface area (Å²) in [6.07, 6.45) is 8.04. The Morgan fingerprint density at radius 1 is 1.14 bits per heavy atom. The molecule has 2 heteroatoms. The lowest BCUT2D eigenvalue weighted by Crippen LogP contribution is -2.56. The number of nitrogens with one attached hydrogen (secondary N) is 1. The number of fused-ring (bicyclic) bond motifs is 2. The summed E-state index contributed by atoms with van der Waals surface area (Å²) in [6, 6.07) is 9.20. The maximum absolute atomic E-state index is 3.77. The van der Waals surface area contributed by atoms with Crippen molar-refractivity contribution in [1.29, 1.82) is 0 Å². The molecule has 1 N–H and O–H groups in total. The molecule has 0 radical (unpaired) electrons. The van der Waals surface area contributed by atoms with Crippen LogP contribution in [0.3, 0.4) is 0 Å². The second-order valence-electron chi connectivity index (χ2n) is 7.06. The van der Waals surface area contributed by atoms with Gasteiger partial charge in [-0.1, -0.05) is 24.6 Å². The fraction of sp³-hybridized carbons (Fsp3) is 0.684. The minimum Gasteiger partial charge on any atom is -0.365 e. The van der Waals surface area contributed by atoms with Gasteiger partial charge >= 0.3 is 0 Å². The quantitative estimate of drug-likeness (QED) is 0.892. The summed E-state index contributed by atoms with van der Waals surface area (Å²) in [5, 5.41) is 3.77. The van der Waals surface area contributed by atoms with Crippen LogP contribution in [0.15, 0.2) is 18.2 Å². The normalized spacial score (nSPS) is 28.7. The van der Waals surface area contributed by atoms with Crippen LogP contribution in [0.2, 0.25) is 0 Å². The highest BCUT2D eigenvalue weighted by Gasteiger charge is 2.38. The van der Waals surface area contributed by atoms with Gasteiger partial charge in [0.05, 0.1) is 0 Å². The van der Waals surface area contributed by atoms with Crippen LogP contribution < -0.4 is 10.2 Å². The minimum atomic E-state index is 0.738. The van der Waals surface area contributed by atoms with Crippen LogP contribution in [-0.4, -0.2) is 24.7 Å². The molecule has 21 heavy (non-hydrogen) atoms. The van der Waals surface area contributed by atoms with E-state index in [-0.39, 0.29) is 0 Å². The van der Waals surface area contributed by atoms with Crippen LogP contribution in [-0.2, 0) is 0 Å². The molecule has 1 aromatic carbocycles. The van der Waals surface area contributed by atoms with E-state index in [1.807, 2.05) is 0 Å². The first-order valence-electron chi connectivity index (χ1n) is 8.78. The average Bonchev–Trinajstić information content (AvgIpc) is 2.44. The highest BCUT2D eigenvalue weighted by Crippen LogP contribution is 2.39. The lowest BCUT2D eigenvalue weighted by molar-refractivity contribution is 0.245. The molecule has 0 spiro atoms. The van der Waals surface area contributed by atoms with Crippen LogP contribution in [0.5, 0.6) is 0 Å². The Hall–Kier alpha value is -1.02. The van der Waals surface area contributed by atoms with E-state index in [1.54, 1.807) is 0 Å². The molecule has 1 aromatic rings. The minimum absolute atomic E-state index is 0.738. The molecule has 2 atom stereocenters. The predicted molar refractivity (Wildman–Crippen MR) is 91.1 cm³/mol. The monoisotopic (exact) mass is 286 g/mol. The van der Waals surface area contributed by atoms with Crippen molar-refractivity contribution >= 4 is 5.69 Å². The van der Waals surface area contributed by atoms with E-state index in [0.717, 1.165) is 18.1 Å². The Morgan fingerprint density at radius 2 is 1.86 bits per heavy atom. The van der Waals surface area contributed by atoms with E-state index in [9.17, 15) is 0 Å². The molecule has 0 amide bonds. The fourth-order valence-corrected chi connectivity index (χ4v) is 4.38. The van der Waals surface area contributed by atoms with Crippen molar-refractivity contribution in [3.8, 4) is 0 Å². The highest BCUT2D eigenvalue weighted by atomic mass is 15.2. The lowest BCUT2D eigenvalue weighted by Gasteiger charge is -2.51. The molecular weight excluding hydrogens is 256 g/mol. The van der Waals surface area contributed by atoms with Gasteiger partial charge in [-0.25, -0.2) is 0 Å². The second-order valence-corrected chi connectivity index (χ2v) is 7.06. The van der Waals surface area contributed by atoms with E-state index >= 15 is 0 Å². The van der Waals surface area contributed by atoms with Gasteiger partial charge in [-0.3, -0.25) is 0 Å². The molecule has 2 aliphatic heterocycles. The van der Waals surface area contributed by atoms with Gasteiger partial charge in [-0.05, 0) is 70.5 Å². The molecule has 3 rings (SSSR count). The van der Waals surface area contributed by atoms with Crippen LogP contribution in [0.4, 0.5) is 5.69 Å². The molecule has 2 fully saturated rings. The van der Waals surface area contributed by atoms with Crippen LogP contribution in [0.1, 0.15) is 56.6 Å². The zero-order chi connectivity index (χ0) is 14.8. The summed E-state index contributed by atoms with van der Waals surface area (Å²) in [5.74, 6) is 0. The Bertz CT molecular complexity index is 468. The van der Waals surface area contributed by atoms with Gasteiger partial charge < -0.3 is 10.2 Å². The lowest BCUT2D eigenvalue weighted by atomic mass is 9.81. The van der Waals surface area contributed by atoms with Gasteiger partial charge in [0.2, 0.25) is 0 Å². The highest BCUT2D eigenvalue weighted by molar-refractivity contribution is 5.56. The number of benzene rings is 1. The third-order valence-corrected chi connectivity index (χ3v) is 5.29. The van der Waals surface area contributed by atoms with Crippen molar-refractivity contribution in [3.63, 3.8) is 0 Å². The number of aryl methyl sites for hydroxylation is 2. The summed E-state index contributed by atoms with van der Waals surface area (Å²) in [4.78, 5) is 2.77. The number of rotatable bonds is 4. The first kappa shape index (κ1) is 14.9. The standard InChI is InChI=1S/C19H30N2/c1-4-10-20-16-12-17-6-5-7-18(13-16)21(17)19-9-8-14(2)11-15(19)3/h8-9,11,16-18,20H,4-7,10,12-13H2,1-3H3. The molecule has 2 aliphatic rings. The van der Waals surface area contributed by atoms with Gasteiger partial charge in [0.15, 0.2) is 0 Å². The van der Waals surface area contributed by atoms with Crippen LogP contribution >= 0.6 is 0 Å². The van der Waals surface area contributed by atoms with E-state index in [1.165, 1.54) is 61.9 Å². The van der Waals surface area contributed by atoms with Gasteiger partial charge in [-0.15, -0.1) is 0 Å². The van der Waals surface area contributed by atoms with E-state index in [2.05, 4.69) is 49.2 Å². The summed E-state index contributed by atoms with van der Waals surface area (Å²) < 4.78 is 0. The molecule has 2 unspecified atom stereocenters. The molecule has 0 aromatic heterocycles. The molecule has 2 heterocycles. The smallest absolute Gasteiger partial charge is 0.0401 e. The predicted octanol–water partition coefficient (Wildman–Crippen LogP) is 4.19. The first-order valence-corrected chi connectivity index (χ1v) is 8.78. The van der Waals surface area contributed by atoms with Gasteiger partial charge in [0.25, 0.3) is 0 Å². The van der Waals surface area contributed by atoms with Gasteiger partial charge in [0.1, 0.15) is 0 Å². The Labute approximate surface area is 129 Å².